The molecule has 0 spiro atoms. The molecule has 0 amide bonds. The van der Waals surface area contributed by atoms with Crippen molar-refractivity contribution in [2.45, 2.75) is 52.2 Å². The zero-order chi connectivity index (χ0) is 18.6. The summed E-state index contributed by atoms with van der Waals surface area (Å²) in [6.07, 6.45) is 8.21. The predicted octanol–water partition coefficient (Wildman–Crippen LogP) is 5.38. The summed E-state index contributed by atoms with van der Waals surface area (Å²) in [6.45, 7) is 4.56. The van der Waals surface area contributed by atoms with Gasteiger partial charge in [-0.15, -0.1) is 0 Å². The van der Waals surface area contributed by atoms with Crippen LogP contribution >= 0.6 is 11.6 Å². The lowest BCUT2D eigenvalue weighted by Crippen LogP contribution is -2.14. The smallest absolute Gasteiger partial charge is 0.161 e. The molecular weight excluding hydrogens is 348 g/mol. The zero-order valence-corrected chi connectivity index (χ0v) is 16.5. The fourth-order valence-corrected chi connectivity index (χ4v) is 2.79. The van der Waals surface area contributed by atoms with Crippen LogP contribution in [0.5, 0.6) is 11.5 Å². The van der Waals surface area contributed by atoms with E-state index in [0.29, 0.717) is 11.8 Å². The van der Waals surface area contributed by atoms with Crippen LogP contribution in [0.4, 0.5) is 0 Å². The van der Waals surface area contributed by atoms with Crippen LogP contribution in [0, 0.1) is 0 Å². The summed E-state index contributed by atoms with van der Waals surface area (Å²) in [6, 6.07) is 9.72. The average Bonchev–Trinajstić information content (AvgIpc) is 2.67. The molecule has 5 heteroatoms. The zero-order valence-electron chi connectivity index (χ0n) is 15.8. The molecule has 2 rings (SSSR count). The van der Waals surface area contributed by atoms with Crippen molar-refractivity contribution in [1.29, 1.82) is 0 Å². The summed E-state index contributed by atoms with van der Waals surface area (Å²) in [7, 11) is 1.66. The maximum absolute atomic E-state index is 5.86. The SMILES string of the molecule is CCCCCCCNCc1ccc(OCc2ccc(Cl)nc2)c(OC)c1. The Bertz CT molecular complexity index is 647. The molecule has 0 saturated heterocycles. The van der Waals surface area contributed by atoms with Gasteiger partial charge in [0.05, 0.1) is 7.11 Å². The van der Waals surface area contributed by atoms with Crippen molar-refractivity contribution in [3.05, 3.63) is 52.8 Å². The summed E-state index contributed by atoms with van der Waals surface area (Å²) in [4.78, 5) is 4.06. The highest BCUT2D eigenvalue weighted by Gasteiger charge is 2.06. The molecule has 0 aliphatic carbocycles. The lowest BCUT2D eigenvalue weighted by Gasteiger charge is -2.13. The molecule has 0 radical (unpaired) electrons. The highest BCUT2D eigenvalue weighted by atomic mass is 35.5. The van der Waals surface area contributed by atoms with Crippen molar-refractivity contribution in [3.8, 4) is 11.5 Å². The molecule has 4 nitrogen and oxygen atoms in total. The second kappa shape index (κ2) is 11.8. The van der Waals surface area contributed by atoms with Gasteiger partial charge in [0.1, 0.15) is 11.8 Å². The van der Waals surface area contributed by atoms with Crippen LogP contribution in [0.15, 0.2) is 36.5 Å². The molecule has 142 valence electrons. The molecule has 0 fully saturated rings. The third-order valence-corrected chi connectivity index (χ3v) is 4.42. The van der Waals surface area contributed by atoms with Gasteiger partial charge in [-0.1, -0.05) is 56.3 Å². The molecule has 1 N–H and O–H groups in total. The Hall–Kier alpha value is -1.78. The summed E-state index contributed by atoms with van der Waals surface area (Å²) in [5.41, 5.74) is 2.15. The summed E-state index contributed by atoms with van der Waals surface area (Å²) in [5, 5.41) is 3.98. The molecular formula is C21H29ClN2O2. The number of hydrogen-bond acceptors (Lipinski definition) is 4. The third-order valence-electron chi connectivity index (χ3n) is 4.20. The highest BCUT2D eigenvalue weighted by Crippen LogP contribution is 2.28. The normalized spacial score (nSPS) is 10.7. The van der Waals surface area contributed by atoms with Crippen LogP contribution in [0.2, 0.25) is 5.15 Å². The van der Waals surface area contributed by atoms with Crippen LogP contribution < -0.4 is 14.8 Å². The van der Waals surface area contributed by atoms with E-state index in [-0.39, 0.29) is 0 Å². The van der Waals surface area contributed by atoms with E-state index in [1.807, 2.05) is 18.2 Å². The van der Waals surface area contributed by atoms with Crippen molar-refractivity contribution in [2.75, 3.05) is 13.7 Å². The number of hydrogen-bond donors (Lipinski definition) is 1. The van der Waals surface area contributed by atoms with E-state index in [1.54, 1.807) is 19.4 Å². The Morgan fingerprint density at radius 3 is 2.54 bits per heavy atom. The van der Waals surface area contributed by atoms with E-state index in [0.717, 1.165) is 30.2 Å². The minimum Gasteiger partial charge on any atom is -0.493 e. The fraction of sp³-hybridized carbons (Fsp3) is 0.476. The molecule has 0 unspecified atom stereocenters. The number of pyridine rings is 1. The number of rotatable bonds is 12. The van der Waals surface area contributed by atoms with Crippen molar-refractivity contribution >= 4 is 11.6 Å². The number of ether oxygens (including phenoxy) is 2. The molecule has 0 bridgehead atoms. The number of methoxy groups -OCH3 is 1. The van der Waals surface area contributed by atoms with E-state index in [9.17, 15) is 0 Å². The van der Waals surface area contributed by atoms with Crippen LogP contribution in [0.3, 0.4) is 0 Å². The predicted molar refractivity (Wildman–Crippen MR) is 107 cm³/mol. The van der Waals surface area contributed by atoms with Gasteiger partial charge in [0.15, 0.2) is 11.5 Å². The second-order valence-corrected chi connectivity index (χ2v) is 6.74. The number of unbranched alkanes of at least 4 members (excludes halogenated alkanes) is 4. The Kier molecular flexibility index (Phi) is 9.29. The largest absolute Gasteiger partial charge is 0.493 e. The molecule has 0 saturated carbocycles. The first-order chi connectivity index (χ1) is 12.7. The van der Waals surface area contributed by atoms with Crippen molar-refractivity contribution in [2.24, 2.45) is 0 Å². The van der Waals surface area contributed by atoms with Gasteiger partial charge in [-0.25, -0.2) is 4.98 Å². The molecule has 0 aliphatic heterocycles. The van der Waals surface area contributed by atoms with Crippen molar-refractivity contribution < 1.29 is 9.47 Å². The summed E-state index contributed by atoms with van der Waals surface area (Å²) in [5.74, 6) is 1.47. The van der Waals surface area contributed by atoms with Gasteiger partial charge < -0.3 is 14.8 Å². The molecule has 26 heavy (non-hydrogen) atoms. The first kappa shape index (κ1) is 20.5. The van der Waals surface area contributed by atoms with E-state index in [4.69, 9.17) is 21.1 Å². The molecule has 1 heterocycles. The maximum Gasteiger partial charge on any atom is 0.161 e. The number of aromatic nitrogens is 1. The van der Waals surface area contributed by atoms with Crippen LogP contribution in [-0.2, 0) is 13.2 Å². The van der Waals surface area contributed by atoms with Crippen molar-refractivity contribution in [1.82, 2.24) is 10.3 Å². The Morgan fingerprint density at radius 1 is 1.00 bits per heavy atom. The number of nitrogens with one attached hydrogen (secondary N) is 1. The molecule has 0 atom stereocenters. The van der Waals surface area contributed by atoms with Gasteiger partial charge in [0, 0.05) is 18.3 Å². The van der Waals surface area contributed by atoms with Gasteiger partial charge in [0.2, 0.25) is 0 Å². The van der Waals surface area contributed by atoms with Crippen LogP contribution in [0.1, 0.15) is 50.2 Å². The second-order valence-electron chi connectivity index (χ2n) is 6.35. The maximum atomic E-state index is 5.86. The quantitative estimate of drug-likeness (QED) is 0.398. The monoisotopic (exact) mass is 376 g/mol. The molecule has 2 aromatic rings. The van der Waals surface area contributed by atoms with Gasteiger partial charge in [0.25, 0.3) is 0 Å². The number of halogens is 1. The van der Waals surface area contributed by atoms with Crippen molar-refractivity contribution in [3.63, 3.8) is 0 Å². The van der Waals surface area contributed by atoms with Gasteiger partial charge >= 0.3 is 0 Å². The van der Waals surface area contributed by atoms with E-state index < -0.39 is 0 Å². The van der Waals surface area contributed by atoms with E-state index in [1.165, 1.54) is 37.7 Å². The standard InChI is InChI=1S/C21H29ClN2O2/c1-3-4-5-6-7-12-23-14-17-8-10-19(20(13-17)25-2)26-16-18-9-11-21(22)24-15-18/h8-11,13,15,23H,3-7,12,14,16H2,1-2H3. The number of nitrogens with zero attached hydrogens (tertiary/aromatic N) is 1. The fourth-order valence-electron chi connectivity index (χ4n) is 2.68. The first-order valence-electron chi connectivity index (χ1n) is 9.33. The molecule has 0 aliphatic rings. The lowest BCUT2D eigenvalue weighted by molar-refractivity contribution is 0.284. The van der Waals surface area contributed by atoms with Crippen LogP contribution in [0.25, 0.3) is 0 Å². The van der Waals surface area contributed by atoms with Gasteiger partial charge in [-0.05, 0) is 36.7 Å². The summed E-state index contributed by atoms with van der Waals surface area (Å²) >= 11 is 5.80. The third kappa shape index (κ3) is 7.22. The lowest BCUT2D eigenvalue weighted by atomic mass is 10.1. The van der Waals surface area contributed by atoms with E-state index in [2.05, 4.69) is 23.3 Å². The summed E-state index contributed by atoms with van der Waals surface area (Å²) < 4.78 is 11.3. The minimum absolute atomic E-state index is 0.426. The van der Waals surface area contributed by atoms with Crippen LogP contribution in [-0.4, -0.2) is 18.6 Å². The Labute approximate surface area is 161 Å². The van der Waals surface area contributed by atoms with Gasteiger partial charge in [-0.3, -0.25) is 0 Å². The highest BCUT2D eigenvalue weighted by molar-refractivity contribution is 6.29. The van der Waals surface area contributed by atoms with Gasteiger partial charge in [-0.2, -0.15) is 0 Å². The average molecular weight is 377 g/mol. The van der Waals surface area contributed by atoms with E-state index >= 15 is 0 Å². The molecule has 1 aromatic carbocycles. The Morgan fingerprint density at radius 2 is 1.81 bits per heavy atom. The first-order valence-corrected chi connectivity index (χ1v) is 9.71. The topological polar surface area (TPSA) is 43.4 Å². The minimum atomic E-state index is 0.426. The molecule has 1 aromatic heterocycles. The Balaban J connectivity index is 1.79. The number of benzene rings is 1.